The first kappa shape index (κ1) is 11.9. The zero-order chi connectivity index (χ0) is 12.6. The fraction of sp³-hybridized carbons (Fsp3) is 0.182. The predicted octanol–water partition coefficient (Wildman–Crippen LogP) is 3.01. The van der Waals surface area contributed by atoms with E-state index in [0.717, 1.165) is 0 Å². The van der Waals surface area contributed by atoms with Crippen LogP contribution in [-0.2, 0) is 0 Å². The highest BCUT2D eigenvalue weighted by Crippen LogP contribution is 2.28. The van der Waals surface area contributed by atoms with Crippen LogP contribution >= 0.6 is 11.6 Å². The molecular weight excluding hydrogens is 248 g/mol. The Bertz CT molecular complexity index is 533. The minimum Gasteiger partial charge on any atom is -0.383 e. The lowest BCUT2D eigenvalue weighted by atomic mass is 10.1. The van der Waals surface area contributed by atoms with Crippen molar-refractivity contribution in [1.82, 2.24) is 9.78 Å². The molecule has 0 radical (unpaired) electrons. The first-order valence-corrected chi connectivity index (χ1v) is 5.32. The fourth-order valence-corrected chi connectivity index (χ4v) is 1.82. The third-order valence-corrected chi connectivity index (χ3v) is 2.86. The molecule has 3 nitrogen and oxygen atoms in total. The monoisotopic (exact) mass is 257 g/mol. The van der Waals surface area contributed by atoms with E-state index in [4.69, 9.17) is 17.3 Å². The Morgan fingerprint density at radius 3 is 2.41 bits per heavy atom. The van der Waals surface area contributed by atoms with E-state index in [1.54, 1.807) is 6.92 Å². The standard InChI is InChI=1S/C11H10ClF2N3/c1-6(17-11(15)7(12)5-16-17)10-8(13)3-2-4-9(10)14/h2-6H,15H2,1H3. The maximum atomic E-state index is 13.6. The molecule has 0 aliphatic rings. The number of benzene rings is 1. The van der Waals surface area contributed by atoms with Crippen molar-refractivity contribution in [3.63, 3.8) is 0 Å². The number of nitrogens with zero attached hydrogens (tertiary/aromatic N) is 2. The lowest BCUT2D eigenvalue weighted by Gasteiger charge is -2.15. The highest BCUT2D eigenvalue weighted by atomic mass is 35.5. The van der Waals surface area contributed by atoms with Crippen LogP contribution in [0.1, 0.15) is 18.5 Å². The smallest absolute Gasteiger partial charge is 0.141 e. The van der Waals surface area contributed by atoms with Crippen LogP contribution in [0.15, 0.2) is 24.4 Å². The summed E-state index contributed by atoms with van der Waals surface area (Å²) in [5, 5.41) is 4.16. The zero-order valence-electron chi connectivity index (χ0n) is 8.99. The molecular formula is C11H10ClF2N3. The van der Waals surface area contributed by atoms with Gasteiger partial charge >= 0.3 is 0 Å². The van der Waals surface area contributed by atoms with Gasteiger partial charge in [-0.15, -0.1) is 0 Å². The molecule has 2 rings (SSSR count). The average Bonchev–Trinajstić information content (AvgIpc) is 2.59. The number of aromatic nitrogens is 2. The Balaban J connectivity index is 2.51. The molecule has 0 aliphatic carbocycles. The second-order valence-electron chi connectivity index (χ2n) is 3.63. The van der Waals surface area contributed by atoms with Crippen molar-refractivity contribution in [3.05, 3.63) is 46.6 Å². The number of hydrogen-bond donors (Lipinski definition) is 1. The zero-order valence-corrected chi connectivity index (χ0v) is 9.75. The second-order valence-corrected chi connectivity index (χ2v) is 4.04. The molecule has 2 aromatic rings. The summed E-state index contributed by atoms with van der Waals surface area (Å²) in [6.07, 6.45) is 1.34. The summed E-state index contributed by atoms with van der Waals surface area (Å²) in [6.45, 7) is 1.60. The Kier molecular flexibility index (Phi) is 3.02. The van der Waals surface area contributed by atoms with Gasteiger partial charge in [0.05, 0.1) is 12.2 Å². The van der Waals surface area contributed by atoms with Gasteiger partial charge in [-0.05, 0) is 19.1 Å². The van der Waals surface area contributed by atoms with Crippen molar-refractivity contribution in [2.24, 2.45) is 0 Å². The fourth-order valence-electron chi connectivity index (χ4n) is 1.69. The van der Waals surface area contributed by atoms with E-state index in [9.17, 15) is 8.78 Å². The van der Waals surface area contributed by atoms with Crippen LogP contribution in [0.3, 0.4) is 0 Å². The minimum atomic E-state index is -0.663. The van der Waals surface area contributed by atoms with E-state index in [-0.39, 0.29) is 16.4 Å². The van der Waals surface area contributed by atoms with Gasteiger partial charge in [-0.2, -0.15) is 5.10 Å². The molecule has 0 aliphatic heterocycles. The average molecular weight is 258 g/mol. The Labute approximate surface area is 102 Å². The van der Waals surface area contributed by atoms with Gasteiger partial charge in [0.2, 0.25) is 0 Å². The SMILES string of the molecule is CC(c1c(F)cccc1F)n1ncc(Cl)c1N. The molecule has 1 unspecified atom stereocenters. The topological polar surface area (TPSA) is 43.8 Å². The van der Waals surface area contributed by atoms with Gasteiger partial charge in [0, 0.05) is 5.56 Å². The van der Waals surface area contributed by atoms with Crippen molar-refractivity contribution in [2.75, 3.05) is 5.73 Å². The largest absolute Gasteiger partial charge is 0.383 e. The molecule has 0 amide bonds. The number of halogens is 3. The van der Waals surface area contributed by atoms with Crippen LogP contribution in [0.25, 0.3) is 0 Å². The number of rotatable bonds is 2. The molecule has 2 N–H and O–H groups in total. The van der Waals surface area contributed by atoms with Crippen LogP contribution in [0.5, 0.6) is 0 Å². The van der Waals surface area contributed by atoms with E-state index in [1.807, 2.05) is 0 Å². The summed E-state index contributed by atoms with van der Waals surface area (Å²) in [6, 6.07) is 3.02. The van der Waals surface area contributed by atoms with Gasteiger partial charge in [0.15, 0.2) is 0 Å². The van der Waals surface area contributed by atoms with Gasteiger partial charge in [0.25, 0.3) is 0 Å². The van der Waals surface area contributed by atoms with Crippen LogP contribution in [-0.4, -0.2) is 9.78 Å². The van der Waals surface area contributed by atoms with Crippen molar-refractivity contribution in [1.29, 1.82) is 0 Å². The van der Waals surface area contributed by atoms with Crippen LogP contribution in [0.4, 0.5) is 14.6 Å². The van der Waals surface area contributed by atoms with Crippen molar-refractivity contribution in [3.8, 4) is 0 Å². The molecule has 90 valence electrons. The van der Waals surface area contributed by atoms with Crippen molar-refractivity contribution < 1.29 is 8.78 Å². The summed E-state index contributed by atoms with van der Waals surface area (Å²) in [7, 11) is 0. The van der Waals surface area contributed by atoms with Gasteiger partial charge in [-0.3, -0.25) is 0 Å². The molecule has 6 heteroatoms. The minimum absolute atomic E-state index is 0.0843. The normalized spacial score (nSPS) is 12.7. The number of anilines is 1. The molecule has 0 spiro atoms. The van der Waals surface area contributed by atoms with Gasteiger partial charge in [-0.1, -0.05) is 17.7 Å². The summed E-state index contributed by atoms with van der Waals surface area (Å²) in [5.74, 6) is -1.09. The lowest BCUT2D eigenvalue weighted by molar-refractivity contribution is 0.486. The number of hydrogen-bond acceptors (Lipinski definition) is 2. The highest BCUT2D eigenvalue weighted by Gasteiger charge is 2.20. The summed E-state index contributed by atoms with van der Waals surface area (Å²) >= 11 is 5.74. The number of nitrogen functional groups attached to an aromatic ring is 1. The van der Waals surface area contributed by atoms with Gasteiger partial charge < -0.3 is 5.73 Å². The summed E-state index contributed by atoms with van der Waals surface area (Å²) in [5.41, 5.74) is 5.58. The molecule has 0 bridgehead atoms. The van der Waals surface area contributed by atoms with Crippen LogP contribution in [0.2, 0.25) is 5.02 Å². The van der Waals surface area contributed by atoms with E-state index in [2.05, 4.69) is 5.10 Å². The van der Waals surface area contributed by atoms with E-state index in [1.165, 1.54) is 29.1 Å². The first-order valence-electron chi connectivity index (χ1n) is 4.94. The summed E-state index contributed by atoms with van der Waals surface area (Å²) < 4.78 is 28.4. The quantitative estimate of drug-likeness (QED) is 0.899. The van der Waals surface area contributed by atoms with E-state index < -0.39 is 17.7 Å². The third kappa shape index (κ3) is 1.98. The molecule has 0 saturated carbocycles. The first-order chi connectivity index (χ1) is 8.02. The Morgan fingerprint density at radius 2 is 1.94 bits per heavy atom. The molecule has 0 fully saturated rings. The molecule has 1 aromatic carbocycles. The molecule has 17 heavy (non-hydrogen) atoms. The maximum Gasteiger partial charge on any atom is 0.141 e. The summed E-state index contributed by atoms with van der Waals surface area (Å²) in [4.78, 5) is 0. The molecule has 1 aromatic heterocycles. The second kappa shape index (κ2) is 4.33. The van der Waals surface area contributed by atoms with Gasteiger partial charge in [0.1, 0.15) is 22.5 Å². The van der Waals surface area contributed by atoms with Crippen molar-refractivity contribution >= 4 is 17.4 Å². The van der Waals surface area contributed by atoms with E-state index in [0.29, 0.717) is 0 Å². The third-order valence-electron chi connectivity index (χ3n) is 2.57. The molecule has 0 saturated heterocycles. The van der Waals surface area contributed by atoms with Gasteiger partial charge in [-0.25, -0.2) is 13.5 Å². The highest BCUT2D eigenvalue weighted by molar-refractivity contribution is 6.32. The Hall–Kier alpha value is -1.62. The molecule has 1 heterocycles. The lowest BCUT2D eigenvalue weighted by Crippen LogP contribution is -2.14. The Morgan fingerprint density at radius 1 is 1.35 bits per heavy atom. The van der Waals surface area contributed by atoms with Crippen LogP contribution in [0, 0.1) is 11.6 Å². The molecule has 1 atom stereocenters. The van der Waals surface area contributed by atoms with Crippen LogP contribution < -0.4 is 5.73 Å². The van der Waals surface area contributed by atoms with Crippen molar-refractivity contribution in [2.45, 2.75) is 13.0 Å². The number of nitrogens with two attached hydrogens (primary N) is 1. The predicted molar refractivity (Wildman–Crippen MR) is 61.8 cm³/mol. The maximum absolute atomic E-state index is 13.6. The van der Waals surface area contributed by atoms with E-state index >= 15 is 0 Å².